The lowest BCUT2D eigenvalue weighted by Gasteiger charge is -2.07. The Morgan fingerprint density at radius 2 is 2.00 bits per heavy atom. The molecule has 0 radical (unpaired) electrons. The van der Waals surface area contributed by atoms with Gasteiger partial charge in [-0.25, -0.2) is 8.42 Å². The van der Waals surface area contributed by atoms with E-state index in [-0.39, 0.29) is 10.6 Å². The van der Waals surface area contributed by atoms with Gasteiger partial charge >= 0.3 is 0 Å². The normalized spacial score (nSPS) is 11.0. The number of carbonyl (C=O) groups is 1. The van der Waals surface area contributed by atoms with Crippen LogP contribution in [0.1, 0.15) is 13.3 Å². The van der Waals surface area contributed by atoms with Crippen LogP contribution in [0.4, 0.5) is 5.69 Å². The zero-order chi connectivity index (χ0) is 11.3. The summed E-state index contributed by atoms with van der Waals surface area (Å²) >= 11 is 0. The van der Waals surface area contributed by atoms with Crippen molar-refractivity contribution in [3.63, 3.8) is 0 Å². The molecule has 1 rings (SSSR count). The van der Waals surface area contributed by atoms with Gasteiger partial charge in [0.2, 0.25) is 6.41 Å². The van der Waals surface area contributed by atoms with Crippen molar-refractivity contribution in [1.29, 1.82) is 0 Å². The number of para-hydroxylation sites is 1. The van der Waals surface area contributed by atoms with Gasteiger partial charge in [-0.3, -0.25) is 4.79 Å². The smallest absolute Gasteiger partial charge is 0.211 e. The second-order valence-electron chi connectivity index (χ2n) is 3.08. The number of carbonyl (C=O) groups excluding carboxylic acids is 1. The molecular formula is C10H13NO3S. The molecule has 0 spiro atoms. The van der Waals surface area contributed by atoms with Gasteiger partial charge < -0.3 is 5.32 Å². The topological polar surface area (TPSA) is 63.2 Å². The molecule has 4 nitrogen and oxygen atoms in total. The minimum atomic E-state index is -3.28. The molecule has 0 aliphatic carbocycles. The van der Waals surface area contributed by atoms with Crippen LogP contribution in [0.25, 0.3) is 0 Å². The van der Waals surface area contributed by atoms with E-state index in [9.17, 15) is 13.2 Å². The standard InChI is InChI=1S/C10H13NO3S/c1-2-7-15(13,14)10-6-4-3-5-9(10)11-8-12/h3-6,8H,2,7H2,1H3,(H,11,12). The zero-order valence-corrected chi connectivity index (χ0v) is 9.25. The minimum Gasteiger partial charge on any atom is -0.328 e. The number of hydrogen-bond acceptors (Lipinski definition) is 3. The van der Waals surface area contributed by atoms with Crippen LogP contribution < -0.4 is 5.32 Å². The molecule has 5 heteroatoms. The van der Waals surface area contributed by atoms with Gasteiger partial charge in [-0.1, -0.05) is 19.1 Å². The van der Waals surface area contributed by atoms with Gasteiger partial charge in [0.1, 0.15) is 0 Å². The predicted molar refractivity (Wildman–Crippen MR) is 58.5 cm³/mol. The van der Waals surface area contributed by atoms with Crippen molar-refractivity contribution in [2.24, 2.45) is 0 Å². The third-order valence-corrected chi connectivity index (χ3v) is 3.88. The Labute approximate surface area is 89.2 Å². The van der Waals surface area contributed by atoms with E-state index in [1.807, 2.05) is 0 Å². The van der Waals surface area contributed by atoms with E-state index in [1.165, 1.54) is 6.07 Å². The lowest BCUT2D eigenvalue weighted by Crippen LogP contribution is -2.09. The summed E-state index contributed by atoms with van der Waals surface area (Å²) in [7, 11) is -3.28. The van der Waals surface area contributed by atoms with E-state index < -0.39 is 9.84 Å². The molecule has 0 aliphatic rings. The molecule has 1 aromatic rings. The lowest BCUT2D eigenvalue weighted by molar-refractivity contribution is -0.105. The molecule has 0 unspecified atom stereocenters. The molecule has 1 amide bonds. The summed E-state index contributed by atoms with van der Waals surface area (Å²) in [5, 5.41) is 2.38. The minimum absolute atomic E-state index is 0.0878. The van der Waals surface area contributed by atoms with Crippen molar-refractivity contribution in [3.8, 4) is 0 Å². The summed E-state index contributed by atoms with van der Waals surface area (Å²) in [6.07, 6.45) is 1.03. The molecule has 0 bridgehead atoms. The molecular weight excluding hydrogens is 214 g/mol. The highest BCUT2D eigenvalue weighted by atomic mass is 32.2. The molecule has 0 saturated heterocycles. The van der Waals surface area contributed by atoms with Crippen LogP contribution in [0, 0.1) is 0 Å². The summed E-state index contributed by atoms with van der Waals surface area (Å²) < 4.78 is 23.5. The fourth-order valence-corrected chi connectivity index (χ4v) is 2.80. The molecule has 82 valence electrons. The van der Waals surface area contributed by atoms with Crippen LogP contribution in [0.3, 0.4) is 0 Å². The second kappa shape index (κ2) is 4.93. The Bertz CT molecular complexity index is 440. The van der Waals surface area contributed by atoms with Gasteiger partial charge in [-0.05, 0) is 18.6 Å². The van der Waals surface area contributed by atoms with Crippen LogP contribution in [0.5, 0.6) is 0 Å². The third-order valence-electron chi connectivity index (χ3n) is 1.91. The average Bonchev–Trinajstić information content (AvgIpc) is 2.19. The predicted octanol–water partition coefficient (Wildman–Crippen LogP) is 1.44. The van der Waals surface area contributed by atoms with Crippen molar-refractivity contribution < 1.29 is 13.2 Å². The Morgan fingerprint density at radius 1 is 1.33 bits per heavy atom. The van der Waals surface area contributed by atoms with Gasteiger partial charge in [-0.15, -0.1) is 0 Å². The Kier molecular flexibility index (Phi) is 3.85. The lowest BCUT2D eigenvalue weighted by atomic mass is 10.3. The summed E-state index contributed by atoms with van der Waals surface area (Å²) in [5.41, 5.74) is 0.334. The van der Waals surface area contributed by atoms with Crippen molar-refractivity contribution in [1.82, 2.24) is 0 Å². The first-order chi connectivity index (χ1) is 7.11. The summed E-state index contributed by atoms with van der Waals surface area (Å²) in [6, 6.07) is 6.38. The molecule has 0 heterocycles. The number of nitrogens with one attached hydrogen (secondary N) is 1. The number of benzene rings is 1. The molecule has 1 N–H and O–H groups in total. The number of sulfone groups is 1. The molecule has 0 aliphatic heterocycles. The van der Waals surface area contributed by atoms with Crippen LogP contribution in [0.2, 0.25) is 0 Å². The van der Waals surface area contributed by atoms with Crippen LogP contribution >= 0.6 is 0 Å². The SMILES string of the molecule is CCCS(=O)(=O)c1ccccc1NC=O. The zero-order valence-electron chi connectivity index (χ0n) is 8.43. The van der Waals surface area contributed by atoms with Crippen LogP contribution in [0.15, 0.2) is 29.2 Å². The number of anilines is 1. The van der Waals surface area contributed by atoms with Crippen molar-refractivity contribution >= 4 is 21.9 Å². The quantitative estimate of drug-likeness (QED) is 0.774. The maximum atomic E-state index is 11.8. The first kappa shape index (κ1) is 11.7. The highest BCUT2D eigenvalue weighted by Crippen LogP contribution is 2.21. The van der Waals surface area contributed by atoms with E-state index >= 15 is 0 Å². The maximum absolute atomic E-state index is 11.8. The number of hydrogen-bond donors (Lipinski definition) is 1. The van der Waals surface area contributed by atoms with Crippen LogP contribution in [-0.4, -0.2) is 20.6 Å². The summed E-state index contributed by atoms with van der Waals surface area (Å²) in [6.45, 7) is 1.80. The fraction of sp³-hybridized carbons (Fsp3) is 0.300. The third kappa shape index (κ3) is 2.79. The highest BCUT2D eigenvalue weighted by Gasteiger charge is 2.16. The van der Waals surface area contributed by atoms with E-state index in [0.717, 1.165) is 0 Å². The van der Waals surface area contributed by atoms with Gasteiger partial charge in [-0.2, -0.15) is 0 Å². The Hall–Kier alpha value is -1.36. The van der Waals surface area contributed by atoms with E-state index in [2.05, 4.69) is 5.32 Å². The Balaban J connectivity index is 3.18. The second-order valence-corrected chi connectivity index (χ2v) is 5.15. The first-order valence-electron chi connectivity index (χ1n) is 4.63. The van der Waals surface area contributed by atoms with E-state index in [4.69, 9.17) is 0 Å². The van der Waals surface area contributed by atoms with Gasteiger partial charge in [0.15, 0.2) is 9.84 Å². The van der Waals surface area contributed by atoms with Gasteiger partial charge in [0.25, 0.3) is 0 Å². The molecule has 0 saturated carbocycles. The molecule has 15 heavy (non-hydrogen) atoms. The fourth-order valence-electron chi connectivity index (χ4n) is 1.30. The maximum Gasteiger partial charge on any atom is 0.211 e. The van der Waals surface area contributed by atoms with E-state index in [1.54, 1.807) is 25.1 Å². The van der Waals surface area contributed by atoms with Crippen molar-refractivity contribution in [2.75, 3.05) is 11.1 Å². The monoisotopic (exact) mass is 227 g/mol. The summed E-state index contributed by atoms with van der Waals surface area (Å²) in [4.78, 5) is 10.5. The highest BCUT2D eigenvalue weighted by molar-refractivity contribution is 7.91. The molecule has 0 aromatic heterocycles. The summed E-state index contributed by atoms with van der Waals surface area (Å²) in [5.74, 6) is 0.0878. The largest absolute Gasteiger partial charge is 0.328 e. The van der Waals surface area contributed by atoms with Crippen molar-refractivity contribution in [3.05, 3.63) is 24.3 Å². The number of rotatable bonds is 5. The average molecular weight is 227 g/mol. The Morgan fingerprint density at radius 3 is 2.60 bits per heavy atom. The molecule has 0 fully saturated rings. The van der Waals surface area contributed by atoms with Gasteiger partial charge in [0, 0.05) is 0 Å². The van der Waals surface area contributed by atoms with Gasteiger partial charge in [0.05, 0.1) is 16.3 Å². The van der Waals surface area contributed by atoms with Crippen molar-refractivity contribution in [2.45, 2.75) is 18.2 Å². The molecule has 1 aromatic carbocycles. The first-order valence-corrected chi connectivity index (χ1v) is 6.29. The van der Waals surface area contributed by atoms with E-state index in [0.29, 0.717) is 18.5 Å². The molecule has 0 atom stereocenters. The number of amides is 1. The van der Waals surface area contributed by atoms with Crippen LogP contribution in [-0.2, 0) is 14.6 Å².